The molecule has 0 N–H and O–H groups in total. The van der Waals surface area contributed by atoms with Crippen molar-refractivity contribution in [1.82, 2.24) is 0 Å². The molecule has 0 aliphatic heterocycles. The molecule has 1 heterocycles. The molecule has 0 nitrogen and oxygen atoms in total. The predicted octanol–water partition coefficient (Wildman–Crippen LogP) is 18.7. The third-order valence-electron chi connectivity index (χ3n) is 13.4. The molecular formula is C64H40S. The van der Waals surface area contributed by atoms with E-state index < -0.39 is 0 Å². The highest BCUT2D eigenvalue weighted by atomic mass is 32.1. The molecule has 0 aliphatic rings. The van der Waals surface area contributed by atoms with E-state index in [1.54, 1.807) is 0 Å². The van der Waals surface area contributed by atoms with Crippen LogP contribution in [0, 0.1) is 0 Å². The Morgan fingerprint density at radius 2 is 0.585 bits per heavy atom. The summed E-state index contributed by atoms with van der Waals surface area (Å²) in [6, 6.07) is 89.7. The van der Waals surface area contributed by atoms with Crippen LogP contribution in [0.4, 0.5) is 0 Å². The van der Waals surface area contributed by atoms with Crippen molar-refractivity contribution in [3.8, 4) is 66.8 Å². The van der Waals surface area contributed by atoms with Gasteiger partial charge in [0, 0.05) is 20.2 Å². The molecule has 0 aliphatic carbocycles. The minimum Gasteiger partial charge on any atom is -0.135 e. The Labute approximate surface area is 382 Å². The van der Waals surface area contributed by atoms with Crippen LogP contribution in [0.15, 0.2) is 243 Å². The highest BCUT2D eigenvalue weighted by Gasteiger charge is 2.22. The van der Waals surface area contributed by atoms with Crippen molar-refractivity contribution in [1.29, 1.82) is 0 Å². The lowest BCUT2D eigenvalue weighted by atomic mass is 9.84. The number of rotatable bonds is 6. The van der Waals surface area contributed by atoms with E-state index in [2.05, 4.69) is 243 Å². The fourth-order valence-corrected chi connectivity index (χ4v) is 11.8. The summed E-state index contributed by atoms with van der Waals surface area (Å²) >= 11 is 1.90. The van der Waals surface area contributed by atoms with Crippen molar-refractivity contribution in [3.63, 3.8) is 0 Å². The molecule has 0 fully saturated rings. The number of fused-ring (bicyclic) bond motifs is 7. The van der Waals surface area contributed by atoms with Crippen LogP contribution in [0.5, 0.6) is 0 Å². The van der Waals surface area contributed by atoms with Gasteiger partial charge in [-0.05, 0) is 140 Å². The topological polar surface area (TPSA) is 0 Å². The van der Waals surface area contributed by atoms with Crippen LogP contribution in [0.3, 0.4) is 0 Å². The van der Waals surface area contributed by atoms with Gasteiger partial charge in [0.25, 0.3) is 0 Å². The van der Waals surface area contributed by atoms with Crippen LogP contribution in [0.2, 0.25) is 0 Å². The highest BCUT2D eigenvalue weighted by molar-refractivity contribution is 7.26. The number of hydrogen-bond donors (Lipinski definition) is 0. The normalized spacial score (nSPS) is 11.7. The second kappa shape index (κ2) is 15.3. The van der Waals surface area contributed by atoms with Crippen LogP contribution in [0.1, 0.15) is 0 Å². The van der Waals surface area contributed by atoms with Crippen LogP contribution >= 0.6 is 11.3 Å². The van der Waals surface area contributed by atoms with Gasteiger partial charge >= 0.3 is 0 Å². The monoisotopic (exact) mass is 840 g/mol. The molecule has 0 atom stereocenters. The smallest absolute Gasteiger partial charge is 0.0361 e. The summed E-state index contributed by atoms with van der Waals surface area (Å²) in [5.74, 6) is 0. The molecule has 0 radical (unpaired) electrons. The van der Waals surface area contributed by atoms with Crippen LogP contribution < -0.4 is 0 Å². The average molecular weight is 841 g/mol. The lowest BCUT2D eigenvalue weighted by Crippen LogP contribution is -1.92. The number of benzene rings is 12. The van der Waals surface area contributed by atoms with Gasteiger partial charge in [0.15, 0.2) is 0 Å². The van der Waals surface area contributed by atoms with Crippen molar-refractivity contribution >= 4 is 74.6 Å². The van der Waals surface area contributed by atoms with Crippen LogP contribution in [0.25, 0.3) is 130 Å². The van der Waals surface area contributed by atoms with Gasteiger partial charge in [-0.1, -0.05) is 212 Å². The van der Waals surface area contributed by atoms with Crippen molar-refractivity contribution in [2.75, 3.05) is 0 Å². The first kappa shape index (κ1) is 37.5. The Bertz CT molecular complexity index is 3800. The SMILES string of the molecule is c1ccc(-c2cc(-c3ccccc3)cc(-c3c4ccccc4c(-c4ccc5c(c4)sc4cccc(-c6c7ccccc7c(-c7ccccc7)c7ccccc67)c45)c4ccccc34)c2)cc1. The second-order valence-corrected chi connectivity index (χ2v) is 18.2. The van der Waals surface area contributed by atoms with E-state index in [0.29, 0.717) is 0 Å². The zero-order valence-electron chi connectivity index (χ0n) is 35.5. The Morgan fingerprint density at radius 3 is 1.06 bits per heavy atom. The summed E-state index contributed by atoms with van der Waals surface area (Å²) in [7, 11) is 0. The third kappa shape index (κ3) is 6.12. The zero-order valence-corrected chi connectivity index (χ0v) is 36.3. The first-order valence-corrected chi connectivity index (χ1v) is 23.2. The molecule has 0 spiro atoms. The van der Waals surface area contributed by atoms with Crippen LogP contribution in [-0.2, 0) is 0 Å². The standard InChI is InChI=1S/C64H40S/c1-4-19-41(20-5-1)45-37-46(42-21-6-2-7-22-42)39-47(38-45)62-50-27-12-10-25-48(50)61(49-26-11-13-28-51(49)62)44-35-36-56-59(40-44)65-58-34-18-33-57(64(56)58)63-54-31-16-14-29-52(54)60(43-23-8-3-9-24-43)53-30-15-17-32-55(53)63/h1-40H. The van der Waals surface area contributed by atoms with E-state index >= 15 is 0 Å². The lowest BCUT2D eigenvalue weighted by Gasteiger charge is -2.19. The largest absolute Gasteiger partial charge is 0.135 e. The molecule has 0 unspecified atom stereocenters. The molecular weight excluding hydrogens is 801 g/mol. The maximum Gasteiger partial charge on any atom is 0.0361 e. The van der Waals surface area contributed by atoms with Crippen molar-refractivity contribution < 1.29 is 0 Å². The average Bonchev–Trinajstić information content (AvgIpc) is 3.76. The van der Waals surface area contributed by atoms with Gasteiger partial charge in [-0.15, -0.1) is 11.3 Å². The second-order valence-electron chi connectivity index (χ2n) is 17.1. The molecule has 0 saturated heterocycles. The molecule has 13 aromatic rings. The first-order chi connectivity index (χ1) is 32.3. The van der Waals surface area contributed by atoms with Gasteiger partial charge in [-0.25, -0.2) is 0 Å². The first-order valence-electron chi connectivity index (χ1n) is 22.4. The lowest BCUT2D eigenvalue weighted by molar-refractivity contribution is 1.58. The van der Waals surface area contributed by atoms with E-state index in [9.17, 15) is 0 Å². The van der Waals surface area contributed by atoms with Gasteiger partial charge in [-0.2, -0.15) is 0 Å². The zero-order chi connectivity index (χ0) is 42.8. The molecule has 0 amide bonds. The van der Waals surface area contributed by atoms with Gasteiger partial charge < -0.3 is 0 Å². The molecule has 0 bridgehead atoms. The van der Waals surface area contributed by atoms with Gasteiger partial charge in [0.2, 0.25) is 0 Å². The third-order valence-corrected chi connectivity index (χ3v) is 14.5. The van der Waals surface area contributed by atoms with E-state index in [0.717, 1.165) is 0 Å². The Hall–Kier alpha value is -8.10. The molecule has 12 aromatic carbocycles. The molecule has 302 valence electrons. The fourth-order valence-electron chi connectivity index (χ4n) is 10.6. The van der Waals surface area contributed by atoms with Crippen LogP contribution in [-0.4, -0.2) is 0 Å². The maximum atomic E-state index is 2.45. The van der Waals surface area contributed by atoms with Crippen molar-refractivity contribution in [2.45, 2.75) is 0 Å². The minimum atomic E-state index is 1.21. The Balaban J connectivity index is 1.03. The maximum absolute atomic E-state index is 2.45. The molecule has 0 saturated carbocycles. The minimum absolute atomic E-state index is 1.21. The molecule has 13 rings (SSSR count). The van der Waals surface area contributed by atoms with E-state index in [1.165, 1.54) is 130 Å². The van der Waals surface area contributed by atoms with Gasteiger partial charge in [-0.3, -0.25) is 0 Å². The summed E-state index contributed by atoms with van der Waals surface area (Å²) in [5, 5.41) is 12.7. The van der Waals surface area contributed by atoms with Crippen molar-refractivity contribution in [2.24, 2.45) is 0 Å². The summed E-state index contributed by atoms with van der Waals surface area (Å²) < 4.78 is 2.59. The van der Waals surface area contributed by atoms with Gasteiger partial charge in [0.05, 0.1) is 0 Å². The number of thiophene rings is 1. The predicted molar refractivity (Wildman–Crippen MR) is 282 cm³/mol. The molecule has 1 aromatic heterocycles. The summed E-state index contributed by atoms with van der Waals surface area (Å²) in [6.07, 6.45) is 0. The van der Waals surface area contributed by atoms with E-state index in [1.807, 2.05) is 11.3 Å². The molecule has 1 heteroatoms. The number of hydrogen-bond acceptors (Lipinski definition) is 1. The fraction of sp³-hybridized carbons (Fsp3) is 0. The van der Waals surface area contributed by atoms with E-state index in [-0.39, 0.29) is 0 Å². The highest BCUT2D eigenvalue weighted by Crippen LogP contribution is 2.50. The summed E-state index contributed by atoms with van der Waals surface area (Å²) in [5.41, 5.74) is 14.9. The van der Waals surface area contributed by atoms with Crippen molar-refractivity contribution in [3.05, 3.63) is 243 Å². The Morgan fingerprint density at radius 1 is 0.200 bits per heavy atom. The quantitative estimate of drug-likeness (QED) is 0.146. The van der Waals surface area contributed by atoms with Gasteiger partial charge in [0.1, 0.15) is 0 Å². The summed E-state index contributed by atoms with van der Waals surface area (Å²) in [6.45, 7) is 0. The van der Waals surface area contributed by atoms with E-state index in [4.69, 9.17) is 0 Å². The molecule has 65 heavy (non-hydrogen) atoms. The Kier molecular flexibility index (Phi) is 8.82. The summed E-state index contributed by atoms with van der Waals surface area (Å²) in [4.78, 5) is 0.